The van der Waals surface area contributed by atoms with Gasteiger partial charge in [0.1, 0.15) is 5.82 Å². The van der Waals surface area contributed by atoms with Gasteiger partial charge in [-0.1, -0.05) is 18.5 Å². The molecule has 1 heterocycles. The monoisotopic (exact) mass is 358 g/mol. The maximum atomic E-state index is 12.8. The van der Waals surface area contributed by atoms with Crippen molar-refractivity contribution in [2.75, 3.05) is 10.6 Å². The topological polar surface area (TPSA) is 49.8 Å². The lowest BCUT2D eigenvalue weighted by atomic mass is 10.2. The molecule has 1 unspecified atom stereocenters. The fourth-order valence-corrected chi connectivity index (χ4v) is 2.14. The zero-order valence-corrected chi connectivity index (χ0v) is 14.3. The molecule has 2 rings (SSSR count). The van der Waals surface area contributed by atoms with Gasteiger partial charge in [-0.05, 0) is 38.5 Å². The first-order valence-electron chi connectivity index (χ1n) is 7.45. The highest BCUT2D eigenvalue weighted by molar-refractivity contribution is 6.33. The second-order valence-corrected chi connectivity index (χ2v) is 5.90. The number of benzene rings is 1. The summed E-state index contributed by atoms with van der Waals surface area (Å²) in [5, 5.41) is 6.12. The smallest absolute Gasteiger partial charge is 0.367 e. The maximum Gasteiger partial charge on any atom is 0.416 e. The minimum absolute atomic E-state index is 0.103. The molecule has 2 N–H and O–H groups in total. The molecule has 0 spiro atoms. The van der Waals surface area contributed by atoms with Gasteiger partial charge in [-0.25, -0.2) is 4.98 Å². The standard InChI is InChI=1S/C16H18ClF3N4/c1-4-9(2)21-14-7-10(3)22-15(24-14)23-13-8-11(16(18,19)20)5-6-12(13)17/h5-9H,4H2,1-3H3,(H2,21,22,23,24). The van der Waals surface area contributed by atoms with Gasteiger partial charge in [0.05, 0.1) is 16.3 Å². The van der Waals surface area contributed by atoms with E-state index in [0.717, 1.165) is 18.6 Å². The molecule has 0 amide bonds. The fraction of sp³-hybridized carbons (Fsp3) is 0.375. The van der Waals surface area contributed by atoms with Gasteiger partial charge < -0.3 is 10.6 Å². The highest BCUT2D eigenvalue weighted by Gasteiger charge is 2.31. The summed E-state index contributed by atoms with van der Waals surface area (Å²) in [6.45, 7) is 5.82. The van der Waals surface area contributed by atoms with E-state index in [1.165, 1.54) is 6.07 Å². The molecule has 1 atom stereocenters. The third-order valence-electron chi connectivity index (χ3n) is 3.40. The molecule has 8 heteroatoms. The number of rotatable bonds is 5. The van der Waals surface area contributed by atoms with Crippen LogP contribution in [0.2, 0.25) is 5.02 Å². The van der Waals surface area contributed by atoms with Gasteiger partial charge in [-0.3, -0.25) is 0 Å². The lowest BCUT2D eigenvalue weighted by Crippen LogP contribution is -2.15. The largest absolute Gasteiger partial charge is 0.416 e. The van der Waals surface area contributed by atoms with Gasteiger partial charge in [-0.2, -0.15) is 18.2 Å². The number of halogens is 4. The van der Waals surface area contributed by atoms with Gasteiger partial charge >= 0.3 is 6.18 Å². The van der Waals surface area contributed by atoms with Crippen LogP contribution in [0, 0.1) is 6.92 Å². The Balaban J connectivity index is 2.31. The third-order valence-corrected chi connectivity index (χ3v) is 3.73. The molecule has 0 saturated carbocycles. The molecule has 2 aromatic rings. The minimum Gasteiger partial charge on any atom is -0.367 e. The van der Waals surface area contributed by atoms with E-state index in [-0.39, 0.29) is 22.7 Å². The van der Waals surface area contributed by atoms with E-state index in [0.29, 0.717) is 11.5 Å². The van der Waals surface area contributed by atoms with Crippen molar-refractivity contribution in [1.82, 2.24) is 9.97 Å². The van der Waals surface area contributed by atoms with E-state index in [1.54, 1.807) is 13.0 Å². The first-order valence-corrected chi connectivity index (χ1v) is 7.83. The third kappa shape index (κ3) is 4.74. The lowest BCUT2D eigenvalue weighted by Gasteiger charge is -2.15. The van der Waals surface area contributed by atoms with Gasteiger partial charge in [0.25, 0.3) is 0 Å². The van der Waals surface area contributed by atoms with Gasteiger partial charge in [-0.15, -0.1) is 0 Å². The molecule has 130 valence electrons. The number of nitrogens with one attached hydrogen (secondary N) is 2. The van der Waals surface area contributed by atoms with Crippen LogP contribution >= 0.6 is 11.6 Å². The van der Waals surface area contributed by atoms with Crippen LogP contribution in [0.5, 0.6) is 0 Å². The Morgan fingerprint density at radius 1 is 1.21 bits per heavy atom. The number of hydrogen-bond donors (Lipinski definition) is 2. The van der Waals surface area contributed by atoms with Crippen molar-refractivity contribution in [2.45, 2.75) is 39.4 Å². The van der Waals surface area contributed by atoms with Gasteiger partial charge in [0, 0.05) is 17.8 Å². The number of aromatic nitrogens is 2. The van der Waals surface area contributed by atoms with Crippen LogP contribution in [-0.4, -0.2) is 16.0 Å². The highest BCUT2D eigenvalue weighted by Crippen LogP contribution is 2.34. The van der Waals surface area contributed by atoms with E-state index >= 15 is 0 Å². The second kappa shape index (κ2) is 7.25. The molecular formula is C16H18ClF3N4. The Bertz CT molecular complexity index is 719. The van der Waals surface area contributed by atoms with Crippen LogP contribution in [0.25, 0.3) is 0 Å². The summed E-state index contributed by atoms with van der Waals surface area (Å²) in [6.07, 6.45) is -3.54. The Morgan fingerprint density at radius 3 is 2.54 bits per heavy atom. The van der Waals surface area contributed by atoms with Crippen molar-refractivity contribution >= 4 is 29.1 Å². The van der Waals surface area contributed by atoms with Crippen LogP contribution in [0.1, 0.15) is 31.5 Å². The number of hydrogen-bond acceptors (Lipinski definition) is 4. The second-order valence-electron chi connectivity index (χ2n) is 5.49. The normalized spacial score (nSPS) is 12.8. The van der Waals surface area contributed by atoms with Crippen molar-refractivity contribution in [3.05, 3.63) is 40.5 Å². The molecule has 0 aliphatic carbocycles. The Morgan fingerprint density at radius 2 is 1.92 bits per heavy atom. The fourth-order valence-electron chi connectivity index (χ4n) is 1.97. The molecule has 0 bridgehead atoms. The molecule has 0 aliphatic heterocycles. The summed E-state index contributed by atoms with van der Waals surface area (Å²) >= 11 is 5.98. The van der Waals surface area contributed by atoms with Crippen molar-refractivity contribution in [2.24, 2.45) is 0 Å². The number of aryl methyl sites for hydroxylation is 1. The highest BCUT2D eigenvalue weighted by atomic mass is 35.5. The van der Waals surface area contributed by atoms with Crippen molar-refractivity contribution in [3.63, 3.8) is 0 Å². The first kappa shape index (κ1) is 18.3. The van der Waals surface area contributed by atoms with Crippen LogP contribution in [-0.2, 0) is 6.18 Å². The molecule has 0 aliphatic rings. The van der Waals surface area contributed by atoms with E-state index < -0.39 is 11.7 Å². The number of anilines is 3. The van der Waals surface area contributed by atoms with E-state index in [9.17, 15) is 13.2 Å². The quantitative estimate of drug-likeness (QED) is 0.750. The van der Waals surface area contributed by atoms with Gasteiger partial charge in [0.2, 0.25) is 5.95 Å². The summed E-state index contributed by atoms with van der Waals surface area (Å²) in [7, 11) is 0. The zero-order valence-electron chi connectivity index (χ0n) is 13.5. The molecule has 0 radical (unpaired) electrons. The van der Waals surface area contributed by atoms with E-state index in [1.807, 2.05) is 13.8 Å². The first-order chi connectivity index (χ1) is 11.2. The summed E-state index contributed by atoms with van der Waals surface area (Å²) in [5.41, 5.74) is -0.00649. The van der Waals surface area contributed by atoms with Crippen molar-refractivity contribution in [1.29, 1.82) is 0 Å². The lowest BCUT2D eigenvalue weighted by molar-refractivity contribution is -0.137. The Kier molecular flexibility index (Phi) is 5.54. The molecular weight excluding hydrogens is 341 g/mol. The number of alkyl halides is 3. The average Bonchev–Trinajstić information content (AvgIpc) is 2.47. The van der Waals surface area contributed by atoms with Gasteiger partial charge in [0.15, 0.2) is 0 Å². The SMILES string of the molecule is CCC(C)Nc1cc(C)nc(Nc2cc(C(F)(F)F)ccc2Cl)n1. The Labute approximate surface area is 143 Å². The zero-order chi connectivity index (χ0) is 17.9. The van der Waals surface area contributed by atoms with Crippen LogP contribution < -0.4 is 10.6 Å². The summed E-state index contributed by atoms with van der Waals surface area (Å²) < 4.78 is 38.5. The van der Waals surface area contributed by atoms with Crippen molar-refractivity contribution in [3.8, 4) is 0 Å². The predicted molar refractivity (Wildman–Crippen MR) is 89.9 cm³/mol. The summed E-state index contributed by atoms with van der Waals surface area (Å²) in [6, 6.07) is 5.05. The molecule has 0 fully saturated rings. The van der Waals surface area contributed by atoms with Crippen LogP contribution in [0.4, 0.5) is 30.6 Å². The molecule has 4 nitrogen and oxygen atoms in total. The molecule has 1 aromatic heterocycles. The predicted octanol–water partition coefficient (Wildman–Crippen LogP) is 5.41. The van der Waals surface area contributed by atoms with E-state index in [2.05, 4.69) is 20.6 Å². The Hall–Kier alpha value is -2.02. The maximum absolute atomic E-state index is 12.8. The molecule has 24 heavy (non-hydrogen) atoms. The minimum atomic E-state index is -4.45. The van der Waals surface area contributed by atoms with E-state index in [4.69, 9.17) is 11.6 Å². The van der Waals surface area contributed by atoms with Crippen LogP contribution in [0.3, 0.4) is 0 Å². The summed E-state index contributed by atoms with van der Waals surface area (Å²) in [5.74, 6) is 0.782. The summed E-state index contributed by atoms with van der Waals surface area (Å²) in [4.78, 5) is 8.47. The van der Waals surface area contributed by atoms with Crippen LogP contribution in [0.15, 0.2) is 24.3 Å². The average molecular weight is 359 g/mol. The molecule has 0 saturated heterocycles. The molecule has 1 aromatic carbocycles. The number of nitrogens with zero attached hydrogens (tertiary/aromatic N) is 2. The van der Waals surface area contributed by atoms with Crippen molar-refractivity contribution < 1.29 is 13.2 Å².